The molecule has 0 N–H and O–H groups in total. The second kappa shape index (κ2) is 16.1. The molecule has 0 radical (unpaired) electrons. The van der Waals surface area contributed by atoms with Crippen LogP contribution in [0.4, 0.5) is 74.6 Å². The lowest BCUT2D eigenvalue weighted by atomic mass is 9.87. The van der Waals surface area contributed by atoms with Crippen LogP contribution in [0.5, 0.6) is 0 Å². The molecule has 0 unspecified atom stereocenters. The fraction of sp³-hybridized carbons (Fsp3) is 0.526. The Kier molecular flexibility index (Phi) is 14.2. The zero-order valence-electron chi connectivity index (χ0n) is 32.9. The van der Waals surface area contributed by atoms with Gasteiger partial charge in [-0.15, -0.1) is 0 Å². The lowest BCUT2D eigenvalue weighted by molar-refractivity contribution is -0.458. The van der Waals surface area contributed by atoms with Crippen LogP contribution in [-0.4, -0.2) is 59.9 Å². The molecule has 0 aliphatic carbocycles. The summed E-state index contributed by atoms with van der Waals surface area (Å²) in [6.45, 7) is 21.0. The van der Waals surface area contributed by atoms with E-state index in [4.69, 9.17) is 0 Å². The molecule has 0 bridgehead atoms. The molecule has 3 aromatic carbocycles. The van der Waals surface area contributed by atoms with Crippen LogP contribution in [0.25, 0.3) is 0 Å². The third-order valence-corrected chi connectivity index (χ3v) is 12.0. The third kappa shape index (κ3) is 9.11. The molecule has 3 nitrogen and oxygen atoms in total. The highest BCUT2D eigenvalue weighted by Crippen LogP contribution is 2.64. The Labute approximate surface area is 337 Å². The van der Waals surface area contributed by atoms with Crippen LogP contribution < -0.4 is 0 Å². The third-order valence-electron chi connectivity index (χ3n) is 8.75. The molecule has 0 aliphatic heterocycles. The first-order valence-corrected chi connectivity index (χ1v) is 19.6. The number of rotatable bonds is 10. The molecule has 3 rings (SSSR count). The summed E-state index contributed by atoms with van der Waals surface area (Å²) in [6, 6.07) is 27.3. The van der Waals surface area contributed by atoms with Crippen molar-refractivity contribution in [1.82, 2.24) is 0 Å². The van der Waals surface area contributed by atoms with Gasteiger partial charge in [-0.05, 0) is 34.4 Å². The first-order valence-electron chi connectivity index (χ1n) is 17.0. The molecule has 0 atom stereocenters. The van der Waals surface area contributed by atoms with Crippen LogP contribution >= 0.6 is 0 Å². The van der Waals surface area contributed by atoms with Crippen LogP contribution in [0, 0.1) is 0 Å². The largest absolute Gasteiger partial charge is 0.743 e. The minimum absolute atomic E-state index is 0.0786. The van der Waals surface area contributed by atoms with Crippen LogP contribution in [0.3, 0.4) is 0 Å². The number of halogens is 17. The minimum atomic E-state index is -8.92. The van der Waals surface area contributed by atoms with Gasteiger partial charge in [0, 0.05) is 16.7 Å². The highest BCUT2D eigenvalue weighted by Gasteiger charge is 2.95. The van der Waals surface area contributed by atoms with Gasteiger partial charge < -0.3 is 4.55 Å². The van der Waals surface area contributed by atoms with Crippen molar-refractivity contribution >= 4 is 21.0 Å². The van der Waals surface area contributed by atoms with E-state index >= 15 is 0 Å². The summed E-state index contributed by atoms with van der Waals surface area (Å²) in [5, 5.41) is -7.95. The molecule has 0 heterocycles. The zero-order valence-corrected chi connectivity index (χ0v) is 34.5. The Morgan fingerprint density at radius 3 is 0.817 bits per heavy atom. The second-order valence-electron chi connectivity index (χ2n) is 16.5. The van der Waals surface area contributed by atoms with Crippen molar-refractivity contribution < 1.29 is 87.6 Å². The first kappa shape index (κ1) is 52.9. The van der Waals surface area contributed by atoms with E-state index in [-0.39, 0.29) is 27.1 Å². The van der Waals surface area contributed by atoms with Gasteiger partial charge in [-0.3, -0.25) is 0 Å². The minimum Gasteiger partial charge on any atom is -0.743 e. The molecule has 0 saturated heterocycles. The summed E-state index contributed by atoms with van der Waals surface area (Å²) < 4.78 is 244. The van der Waals surface area contributed by atoms with Crippen molar-refractivity contribution in [3.8, 4) is 0 Å². The van der Waals surface area contributed by atoms with Gasteiger partial charge in [-0.2, -0.15) is 74.6 Å². The molecule has 60 heavy (non-hydrogen) atoms. The monoisotopic (exact) mass is 930 g/mol. The van der Waals surface area contributed by atoms with Crippen LogP contribution in [0.15, 0.2) is 87.5 Å². The van der Waals surface area contributed by atoms with E-state index in [1.165, 1.54) is 31.4 Å². The fourth-order valence-corrected chi connectivity index (χ4v) is 9.03. The van der Waals surface area contributed by atoms with Gasteiger partial charge in [-0.1, -0.05) is 117 Å². The van der Waals surface area contributed by atoms with Gasteiger partial charge in [-0.25, -0.2) is 8.42 Å². The predicted octanol–water partition coefficient (Wildman–Crippen LogP) is 13.2. The van der Waals surface area contributed by atoms with Crippen LogP contribution in [0.2, 0.25) is 0 Å². The highest BCUT2D eigenvalue weighted by atomic mass is 32.2. The maximum atomic E-state index is 13.0. The summed E-state index contributed by atoms with van der Waals surface area (Å²) in [6.07, 6.45) is -7.89. The molecule has 3 aromatic rings. The van der Waals surface area contributed by atoms with Gasteiger partial charge in [0.2, 0.25) is 0 Å². The summed E-state index contributed by atoms with van der Waals surface area (Å²) in [5.74, 6) is -52.1. The fourth-order valence-electron chi connectivity index (χ4n) is 5.45. The Balaban J connectivity index is 0.000000415. The van der Waals surface area contributed by atoms with E-state index in [0.29, 0.717) is 0 Å². The molecule has 22 heteroatoms. The molecular formula is C38H39F17O3S2. The topological polar surface area (TPSA) is 57.2 Å². The van der Waals surface area contributed by atoms with Crippen molar-refractivity contribution in [2.24, 2.45) is 0 Å². The number of alkyl halides is 17. The van der Waals surface area contributed by atoms with Gasteiger partial charge in [0.15, 0.2) is 24.8 Å². The highest BCUT2D eigenvalue weighted by molar-refractivity contribution is 7.97. The van der Waals surface area contributed by atoms with Crippen molar-refractivity contribution in [3.63, 3.8) is 0 Å². The lowest BCUT2D eigenvalue weighted by Gasteiger charge is -2.42. The number of benzene rings is 3. The van der Waals surface area contributed by atoms with Crippen molar-refractivity contribution in [1.29, 1.82) is 0 Å². The van der Waals surface area contributed by atoms with Crippen molar-refractivity contribution in [2.75, 3.05) is 0 Å². The Morgan fingerprint density at radius 1 is 0.383 bits per heavy atom. The molecule has 0 saturated carbocycles. The molecule has 0 spiro atoms. The molecule has 0 amide bonds. The van der Waals surface area contributed by atoms with E-state index in [0.717, 1.165) is 0 Å². The van der Waals surface area contributed by atoms with Gasteiger partial charge in [0.1, 0.15) is 10.9 Å². The van der Waals surface area contributed by atoms with Crippen molar-refractivity contribution in [3.05, 3.63) is 89.5 Å². The average molecular weight is 931 g/mol. The van der Waals surface area contributed by atoms with Gasteiger partial charge >= 0.3 is 47.0 Å². The van der Waals surface area contributed by atoms with Gasteiger partial charge in [0.05, 0.1) is 0 Å². The lowest BCUT2D eigenvalue weighted by Crippen LogP contribution is -2.75. The molecule has 0 aromatic heterocycles. The molecule has 340 valence electrons. The maximum absolute atomic E-state index is 13.0. The summed E-state index contributed by atoms with van der Waals surface area (Å²) >= 11 is 0. The standard InChI is InChI=1S/C30H39S.C8HF17O3S/c1-28(2,3)22-16-10-13-19-25(22)31(26-20-14-11-17-23(26)29(4,5)6)27-21-15-12-18-24(27)30(7,8)9;9-1(10,3(13,14)5(17,18)7(21,22)23)2(11,12)4(15,16)6(19,20)8(24,25)29(26,27)28/h10-21H,1-9H3;(H,26,27,28)/q+1;/p-1. The molecule has 0 aliphatic rings. The maximum Gasteiger partial charge on any atom is 0.460 e. The Bertz CT molecular complexity index is 1960. The van der Waals surface area contributed by atoms with Crippen LogP contribution in [0.1, 0.15) is 79.0 Å². The van der Waals surface area contributed by atoms with E-state index in [9.17, 15) is 87.6 Å². The van der Waals surface area contributed by atoms with Gasteiger partial charge in [0.25, 0.3) is 0 Å². The van der Waals surface area contributed by atoms with E-state index in [1.54, 1.807) is 0 Å². The number of hydrogen-bond donors (Lipinski definition) is 0. The summed E-state index contributed by atoms with van der Waals surface area (Å²) in [4.78, 5) is 4.34. The second-order valence-corrected chi connectivity index (χ2v) is 19.8. The zero-order chi connectivity index (χ0) is 47.5. The summed E-state index contributed by atoms with van der Waals surface area (Å²) in [7, 11) is -8.33. The molecule has 0 fully saturated rings. The normalized spacial score (nSPS) is 14.9. The first-order chi connectivity index (χ1) is 26.3. The smallest absolute Gasteiger partial charge is 0.460 e. The SMILES string of the molecule is CC(C)(C)c1ccccc1[S+](c1ccccc1C(C)(C)C)c1ccccc1C(C)(C)C.O=S(=O)([O-])C(F)(F)C(F)(F)C(F)(F)C(F)(F)C(F)(F)C(F)(F)C(F)(F)C(F)(F)F. The van der Waals surface area contributed by atoms with E-state index in [1.807, 2.05) is 0 Å². The van der Waals surface area contributed by atoms with Crippen molar-refractivity contribution in [2.45, 2.75) is 140 Å². The number of hydrogen-bond acceptors (Lipinski definition) is 3. The predicted molar refractivity (Wildman–Crippen MR) is 188 cm³/mol. The quantitative estimate of drug-likeness (QED) is 0.116. The van der Waals surface area contributed by atoms with E-state index < -0.39 is 57.1 Å². The summed E-state index contributed by atoms with van der Waals surface area (Å²) in [5.41, 5.74) is 4.54. The van der Waals surface area contributed by atoms with Crippen LogP contribution in [-0.2, 0) is 37.3 Å². The molecular weight excluding hydrogens is 892 g/mol. The van der Waals surface area contributed by atoms with E-state index in [2.05, 4.69) is 135 Å². The Hall–Kier alpha value is -3.27. The Morgan fingerprint density at radius 2 is 0.600 bits per heavy atom. The average Bonchev–Trinajstić information content (AvgIpc) is 3.06.